The molecule has 3 aromatic rings. The summed E-state index contributed by atoms with van der Waals surface area (Å²) in [4.78, 5) is 9.66. The summed E-state index contributed by atoms with van der Waals surface area (Å²) in [6.45, 7) is 4.55. The number of nitrogens with zero attached hydrogens (tertiary/aromatic N) is 2. The number of benzene rings is 1. The molecule has 1 aromatic carbocycles. The van der Waals surface area contributed by atoms with Gasteiger partial charge in [-0.25, -0.2) is 14.4 Å². The Morgan fingerprint density at radius 3 is 2.89 bits per heavy atom. The molecule has 0 saturated carbocycles. The van der Waals surface area contributed by atoms with Gasteiger partial charge in [0.25, 0.3) is 0 Å². The maximum absolute atomic E-state index is 14.1. The zero-order chi connectivity index (χ0) is 19.8. The van der Waals surface area contributed by atoms with Crippen LogP contribution >= 0.6 is 22.9 Å². The van der Waals surface area contributed by atoms with Gasteiger partial charge in [0, 0.05) is 28.6 Å². The summed E-state index contributed by atoms with van der Waals surface area (Å²) in [6.07, 6.45) is -0.0622. The van der Waals surface area contributed by atoms with E-state index < -0.39 is 18.4 Å². The summed E-state index contributed by atoms with van der Waals surface area (Å²) < 4.78 is 21.1. The zero-order valence-corrected chi connectivity index (χ0v) is 17.1. The summed E-state index contributed by atoms with van der Waals surface area (Å²) in [5.41, 5.74) is 2.95. The van der Waals surface area contributed by atoms with Crippen molar-refractivity contribution in [1.82, 2.24) is 15.3 Å². The van der Waals surface area contributed by atoms with Crippen LogP contribution in [-0.4, -0.2) is 40.4 Å². The Morgan fingerprint density at radius 2 is 2.18 bits per heavy atom. The van der Waals surface area contributed by atoms with E-state index in [2.05, 4.69) is 15.3 Å². The topological polar surface area (TPSA) is 67.3 Å². The highest BCUT2D eigenvalue weighted by Crippen LogP contribution is 2.41. The summed E-state index contributed by atoms with van der Waals surface area (Å²) in [5.74, 6) is 0.576. The van der Waals surface area contributed by atoms with Crippen LogP contribution in [0.1, 0.15) is 29.9 Å². The third-order valence-corrected chi connectivity index (χ3v) is 6.35. The van der Waals surface area contributed by atoms with Crippen molar-refractivity contribution in [3.05, 3.63) is 40.0 Å². The van der Waals surface area contributed by atoms with Crippen LogP contribution in [0.2, 0.25) is 5.02 Å². The van der Waals surface area contributed by atoms with Crippen molar-refractivity contribution in [2.75, 3.05) is 13.1 Å². The fourth-order valence-electron chi connectivity index (χ4n) is 3.38. The molecular formula is C20H21ClFN3O2S. The lowest BCUT2D eigenvalue weighted by atomic mass is 10.1. The first-order valence-electron chi connectivity index (χ1n) is 9.22. The SMILES string of the molecule is CCC(O)c1cc2ncnc(-c3cc(Cl)cc(C)c3O[C@@H]3CNC[C@@H]3F)c2s1. The second-order valence-electron chi connectivity index (χ2n) is 6.94. The van der Waals surface area contributed by atoms with E-state index in [-0.39, 0.29) is 6.54 Å². The number of hydrogen-bond acceptors (Lipinski definition) is 6. The van der Waals surface area contributed by atoms with Crippen LogP contribution in [0, 0.1) is 6.92 Å². The van der Waals surface area contributed by atoms with Crippen molar-refractivity contribution in [1.29, 1.82) is 0 Å². The van der Waals surface area contributed by atoms with Crippen LogP contribution in [0.25, 0.3) is 21.5 Å². The van der Waals surface area contributed by atoms with E-state index in [1.54, 1.807) is 12.1 Å². The minimum absolute atomic E-state index is 0.285. The minimum atomic E-state index is -1.07. The van der Waals surface area contributed by atoms with Gasteiger partial charge in [-0.2, -0.15) is 0 Å². The summed E-state index contributed by atoms with van der Waals surface area (Å²) in [5, 5.41) is 13.8. The van der Waals surface area contributed by atoms with Gasteiger partial charge in [0.2, 0.25) is 0 Å². The highest BCUT2D eigenvalue weighted by molar-refractivity contribution is 7.19. The van der Waals surface area contributed by atoms with Crippen LogP contribution in [-0.2, 0) is 0 Å². The number of hydrogen-bond donors (Lipinski definition) is 2. The van der Waals surface area contributed by atoms with Gasteiger partial charge in [0.15, 0.2) is 6.17 Å². The average Bonchev–Trinajstić information content (AvgIpc) is 3.29. The minimum Gasteiger partial charge on any atom is -0.485 e. The molecule has 8 heteroatoms. The molecule has 3 heterocycles. The van der Waals surface area contributed by atoms with Crippen LogP contribution < -0.4 is 10.1 Å². The number of ether oxygens (including phenoxy) is 1. The molecule has 3 atom stereocenters. The number of nitrogens with one attached hydrogen (secondary N) is 1. The Bertz CT molecular complexity index is 1010. The predicted molar refractivity (Wildman–Crippen MR) is 110 cm³/mol. The number of aryl methyl sites for hydroxylation is 1. The monoisotopic (exact) mass is 421 g/mol. The molecule has 4 rings (SSSR count). The first kappa shape index (κ1) is 19.5. The lowest BCUT2D eigenvalue weighted by Crippen LogP contribution is -2.27. The standard InChI is InChI=1S/C20H21ClFN3O2S/c1-3-15(26)17-6-14-20(28-17)18(25-9-24-14)12-5-11(21)4-10(2)19(12)27-16-8-23-7-13(16)22/h4-6,9,13,15-16,23,26H,3,7-8H2,1-2H3/t13-,15?,16+/m0/s1. The number of aliphatic hydroxyl groups excluding tert-OH is 1. The molecule has 1 aliphatic rings. The second-order valence-corrected chi connectivity index (χ2v) is 8.46. The van der Waals surface area contributed by atoms with Gasteiger partial charge in [0.05, 0.1) is 22.0 Å². The smallest absolute Gasteiger partial charge is 0.150 e. The van der Waals surface area contributed by atoms with Gasteiger partial charge >= 0.3 is 0 Å². The van der Waals surface area contributed by atoms with E-state index in [0.717, 1.165) is 20.7 Å². The number of fused-ring (bicyclic) bond motifs is 1. The fraction of sp³-hybridized carbons (Fsp3) is 0.400. The normalized spacial score (nSPS) is 20.6. The maximum atomic E-state index is 14.1. The van der Waals surface area contributed by atoms with Crippen molar-refractivity contribution in [3.8, 4) is 17.0 Å². The van der Waals surface area contributed by atoms with Crippen molar-refractivity contribution in [2.24, 2.45) is 0 Å². The van der Waals surface area contributed by atoms with Gasteiger partial charge in [-0.1, -0.05) is 18.5 Å². The molecule has 0 aliphatic carbocycles. The maximum Gasteiger partial charge on any atom is 0.150 e. The number of halogens is 2. The molecule has 1 fully saturated rings. The lowest BCUT2D eigenvalue weighted by molar-refractivity contribution is 0.140. The van der Waals surface area contributed by atoms with E-state index in [1.807, 2.05) is 19.9 Å². The van der Waals surface area contributed by atoms with Gasteiger partial charge < -0.3 is 15.2 Å². The molecule has 1 aliphatic heterocycles. The molecular weight excluding hydrogens is 401 g/mol. The summed E-state index contributed by atoms with van der Waals surface area (Å²) >= 11 is 7.78. The van der Waals surface area contributed by atoms with Crippen molar-refractivity contribution in [2.45, 2.75) is 38.6 Å². The second kappa shape index (κ2) is 7.91. The molecule has 0 amide bonds. The number of rotatable bonds is 5. The molecule has 148 valence electrons. The summed E-state index contributed by atoms with van der Waals surface area (Å²) in [6, 6.07) is 5.47. The van der Waals surface area contributed by atoms with Gasteiger partial charge in [-0.05, 0) is 37.1 Å². The highest BCUT2D eigenvalue weighted by Gasteiger charge is 2.30. The van der Waals surface area contributed by atoms with E-state index in [0.29, 0.717) is 35.0 Å². The van der Waals surface area contributed by atoms with Crippen LogP contribution in [0.5, 0.6) is 5.75 Å². The molecule has 0 bridgehead atoms. The van der Waals surface area contributed by atoms with Gasteiger partial charge in [-0.15, -0.1) is 11.3 Å². The van der Waals surface area contributed by atoms with Crippen molar-refractivity contribution >= 4 is 33.2 Å². The Balaban J connectivity index is 1.85. The summed E-state index contributed by atoms with van der Waals surface area (Å²) in [7, 11) is 0. The van der Waals surface area contributed by atoms with E-state index in [4.69, 9.17) is 16.3 Å². The molecule has 5 nitrogen and oxygen atoms in total. The van der Waals surface area contributed by atoms with E-state index in [1.165, 1.54) is 17.7 Å². The number of aromatic nitrogens is 2. The number of aliphatic hydroxyl groups is 1. The highest BCUT2D eigenvalue weighted by atomic mass is 35.5. The molecule has 1 unspecified atom stereocenters. The van der Waals surface area contributed by atoms with Crippen molar-refractivity contribution < 1.29 is 14.2 Å². The first-order chi connectivity index (χ1) is 13.5. The Morgan fingerprint density at radius 1 is 1.36 bits per heavy atom. The Kier molecular flexibility index (Phi) is 5.51. The third kappa shape index (κ3) is 3.59. The molecule has 2 aromatic heterocycles. The zero-order valence-electron chi connectivity index (χ0n) is 15.6. The van der Waals surface area contributed by atoms with Crippen molar-refractivity contribution in [3.63, 3.8) is 0 Å². The van der Waals surface area contributed by atoms with E-state index >= 15 is 0 Å². The Labute approximate surface area is 171 Å². The quantitative estimate of drug-likeness (QED) is 0.637. The lowest BCUT2D eigenvalue weighted by Gasteiger charge is -2.20. The van der Waals surface area contributed by atoms with Gasteiger partial charge in [-0.3, -0.25) is 0 Å². The third-order valence-electron chi connectivity index (χ3n) is 4.90. The molecule has 0 spiro atoms. The average molecular weight is 422 g/mol. The molecule has 1 saturated heterocycles. The number of thiophene rings is 1. The van der Waals surface area contributed by atoms with E-state index in [9.17, 15) is 9.50 Å². The molecule has 2 N–H and O–H groups in total. The number of alkyl halides is 1. The molecule has 28 heavy (non-hydrogen) atoms. The largest absolute Gasteiger partial charge is 0.485 e. The predicted octanol–water partition coefficient (Wildman–Crippen LogP) is 4.45. The first-order valence-corrected chi connectivity index (χ1v) is 10.4. The fourth-order valence-corrected chi connectivity index (χ4v) is 4.84. The van der Waals surface area contributed by atoms with Crippen LogP contribution in [0.3, 0.4) is 0 Å². The Hall–Kier alpha value is -1.80. The van der Waals surface area contributed by atoms with Gasteiger partial charge in [0.1, 0.15) is 18.2 Å². The van der Waals surface area contributed by atoms with Crippen LogP contribution in [0.15, 0.2) is 24.5 Å². The van der Waals surface area contributed by atoms with Crippen LogP contribution in [0.4, 0.5) is 4.39 Å². The molecule has 0 radical (unpaired) electrons.